The van der Waals surface area contributed by atoms with Gasteiger partial charge in [0.25, 0.3) is 0 Å². The highest BCUT2D eigenvalue weighted by Crippen LogP contribution is 2.28. The van der Waals surface area contributed by atoms with E-state index in [1.54, 1.807) is 11.3 Å². The van der Waals surface area contributed by atoms with Crippen molar-refractivity contribution in [3.8, 4) is 0 Å². The maximum Gasteiger partial charge on any atom is 0.0926 e. The van der Waals surface area contributed by atoms with Crippen molar-refractivity contribution in [2.24, 2.45) is 0 Å². The molecule has 20 heavy (non-hydrogen) atoms. The molecule has 0 radical (unpaired) electrons. The Labute approximate surface area is 125 Å². The Balaban J connectivity index is 1.53. The summed E-state index contributed by atoms with van der Waals surface area (Å²) < 4.78 is 0. The van der Waals surface area contributed by atoms with Gasteiger partial charge in [-0.1, -0.05) is 37.3 Å². The van der Waals surface area contributed by atoms with Crippen LogP contribution in [-0.2, 0) is 13.0 Å². The summed E-state index contributed by atoms with van der Waals surface area (Å²) in [5, 5.41) is 3.49. The van der Waals surface area contributed by atoms with Crippen LogP contribution in [0.25, 0.3) is 0 Å². The Morgan fingerprint density at radius 1 is 1.20 bits per heavy atom. The average molecular weight is 286 g/mol. The fraction of sp³-hybridized carbons (Fsp3) is 0.471. The third kappa shape index (κ3) is 3.28. The number of aromatic nitrogens is 1. The van der Waals surface area contributed by atoms with Gasteiger partial charge in [0.2, 0.25) is 0 Å². The molecule has 1 fully saturated rings. The van der Waals surface area contributed by atoms with Crippen LogP contribution in [0.5, 0.6) is 0 Å². The largest absolute Gasteiger partial charge is 0.297 e. The predicted molar refractivity (Wildman–Crippen MR) is 85.2 cm³/mol. The highest BCUT2D eigenvalue weighted by Gasteiger charge is 2.20. The van der Waals surface area contributed by atoms with E-state index >= 15 is 0 Å². The van der Waals surface area contributed by atoms with E-state index < -0.39 is 0 Å². The number of thiazole rings is 1. The second kappa shape index (κ2) is 6.51. The topological polar surface area (TPSA) is 16.1 Å². The number of hydrogen-bond acceptors (Lipinski definition) is 3. The molecule has 1 aromatic heterocycles. The lowest BCUT2D eigenvalue weighted by Gasteiger charge is -2.31. The minimum atomic E-state index is 0.745. The molecular weight excluding hydrogens is 264 g/mol. The van der Waals surface area contributed by atoms with Gasteiger partial charge >= 0.3 is 0 Å². The van der Waals surface area contributed by atoms with Crippen LogP contribution in [0.1, 0.15) is 41.9 Å². The van der Waals surface area contributed by atoms with E-state index in [-0.39, 0.29) is 0 Å². The van der Waals surface area contributed by atoms with Gasteiger partial charge in [0, 0.05) is 11.9 Å². The van der Waals surface area contributed by atoms with Crippen LogP contribution >= 0.6 is 11.3 Å². The number of piperidine rings is 1. The summed E-state index contributed by atoms with van der Waals surface area (Å²) in [5.41, 5.74) is 2.76. The van der Waals surface area contributed by atoms with Gasteiger partial charge in [-0.25, -0.2) is 4.98 Å². The van der Waals surface area contributed by atoms with Crippen LogP contribution in [0.2, 0.25) is 0 Å². The number of hydrogen-bond donors (Lipinski definition) is 0. The summed E-state index contributed by atoms with van der Waals surface area (Å²) >= 11 is 1.80. The van der Waals surface area contributed by atoms with Crippen molar-refractivity contribution >= 4 is 11.3 Å². The van der Waals surface area contributed by atoms with Gasteiger partial charge in [-0.3, -0.25) is 4.90 Å². The molecule has 2 heterocycles. The Hall–Kier alpha value is -1.19. The lowest BCUT2D eigenvalue weighted by atomic mass is 9.89. The lowest BCUT2D eigenvalue weighted by molar-refractivity contribution is 0.203. The average Bonchev–Trinajstić information content (AvgIpc) is 2.97. The van der Waals surface area contributed by atoms with Crippen LogP contribution in [-0.4, -0.2) is 23.0 Å². The molecule has 2 aromatic rings. The SMILES string of the molecule is CCc1nc(CN2CCC(c3ccccc3)CC2)cs1. The summed E-state index contributed by atoms with van der Waals surface area (Å²) in [5.74, 6) is 0.745. The number of likely N-dealkylation sites (tertiary alicyclic amines) is 1. The first-order valence-corrected chi connectivity index (χ1v) is 8.43. The van der Waals surface area contributed by atoms with E-state index in [2.05, 4.69) is 52.5 Å². The van der Waals surface area contributed by atoms with Crippen molar-refractivity contribution in [3.05, 3.63) is 52.0 Å². The van der Waals surface area contributed by atoms with Crippen molar-refractivity contribution in [3.63, 3.8) is 0 Å². The fourth-order valence-electron chi connectivity index (χ4n) is 2.96. The van der Waals surface area contributed by atoms with E-state index in [1.165, 1.54) is 42.2 Å². The van der Waals surface area contributed by atoms with E-state index in [9.17, 15) is 0 Å². The molecule has 2 nitrogen and oxygen atoms in total. The summed E-state index contributed by atoms with van der Waals surface area (Å²) in [7, 11) is 0. The van der Waals surface area contributed by atoms with E-state index in [4.69, 9.17) is 0 Å². The highest BCUT2D eigenvalue weighted by atomic mass is 32.1. The normalized spacial score (nSPS) is 17.4. The molecule has 106 valence electrons. The number of rotatable bonds is 4. The molecule has 0 N–H and O–H groups in total. The zero-order valence-corrected chi connectivity index (χ0v) is 12.9. The Morgan fingerprint density at radius 3 is 2.60 bits per heavy atom. The molecule has 0 amide bonds. The second-order valence-corrected chi connectivity index (χ2v) is 6.49. The molecule has 3 heteroatoms. The van der Waals surface area contributed by atoms with Crippen molar-refractivity contribution in [2.45, 2.75) is 38.6 Å². The first-order chi connectivity index (χ1) is 9.85. The van der Waals surface area contributed by atoms with E-state index in [1.807, 2.05) is 0 Å². The maximum atomic E-state index is 4.68. The molecule has 0 bridgehead atoms. The third-order valence-electron chi connectivity index (χ3n) is 4.15. The quantitative estimate of drug-likeness (QED) is 0.841. The van der Waals surface area contributed by atoms with E-state index in [0.29, 0.717) is 0 Å². The summed E-state index contributed by atoms with van der Waals surface area (Å²) in [6.07, 6.45) is 3.60. The van der Waals surface area contributed by atoms with E-state index in [0.717, 1.165) is 18.9 Å². The van der Waals surface area contributed by atoms with Crippen LogP contribution < -0.4 is 0 Å². The van der Waals surface area contributed by atoms with Gasteiger partial charge in [-0.2, -0.15) is 0 Å². The molecule has 0 unspecified atom stereocenters. The Morgan fingerprint density at radius 2 is 1.95 bits per heavy atom. The molecule has 1 aliphatic rings. The maximum absolute atomic E-state index is 4.68. The minimum Gasteiger partial charge on any atom is -0.297 e. The van der Waals surface area contributed by atoms with Gasteiger partial charge in [-0.15, -0.1) is 11.3 Å². The van der Waals surface area contributed by atoms with Gasteiger partial charge in [0.05, 0.1) is 10.7 Å². The number of benzene rings is 1. The van der Waals surface area contributed by atoms with Crippen molar-refractivity contribution < 1.29 is 0 Å². The number of nitrogens with zero attached hydrogens (tertiary/aromatic N) is 2. The molecule has 1 aromatic carbocycles. The molecule has 0 atom stereocenters. The zero-order valence-electron chi connectivity index (χ0n) is 12.1. The minimum absolute atomic E-state index is 0.745. The standard InChI is InChI=1S/C17H22N2S/c1-2-17-18-16(13-20-17)12-19-10-8-15(9-11-19)14-6-4-3-5-7-14/h3-7,13,15H,2,8-12H2,1H3. The molecular formula is C17H22N2S. The Bertz CT molecular complexity index is 527. The van der Waals surface area contributed by atoms with Crippen LogP contribution in [0, 0.1) is 0 Å². The lowest BCUT2D eigenvalue weighted by Crippen LogP contribution is -2.32. The monoisotopic (exact) mass is 286 g/mol. The zero-order chi connectivity index (χ0) is 13.8. The van der Waals surface area contributed by atoms with Crippen LogP contribution in [0.4, 0.5) is 0 Å². The van der Waals surface area contributed by atoms with Crippen LogP contribution in [0.3, 0.4) is 0 Å². The van der Waals surface area contributed by atoms with Crippen molar-refractivity contribution in [2.75, 3.05) is 13.1 Å². The van der Waals surface area contributed by atoms with Gasteiger partial charge < -0.3 is 0 Å². The first kappa shape index (κ1) is 13.8. The fourth-order valence-corrected chi connectivity index (χ4v) is 3.70. The van der Waals surface area contributed by atoms with Gasteiger partial charge in [0.15, 0.2) is 0 Å². The molecule has 1 aliphatic heterocycles. The number of aryl methyl sites for hydroxylation is 1. The molecule has 3 rings (SSSR count). The Kier molecular flexibility index (Phi) is 4.48. The van der Waals surface area contributed by atoms with Crippen molar-refractivity contribution in [1.29, 1.82) is 0 Å². The summed E-state index contributed by atoms with van der Waals surface area (Å²) in [6.45, 7) is 5.59. The van der Waals surface area contributed by atoms with Gasteiger partial charge in [-0.05, 0) is 43.8 Å². The molecule has 0 saturated carbocycles. The molecule has 1 saturated heterocycles. The predicted octanol–water partition coefficient (Wildman–Crippen LogP) is 4.09. The molecule has 0 aliphatic carbocycles. The van der Waals surface area contributed by atoms with Crippen LogP contribution in [0.15, 0.2) is 35.7 Å². The highest BCUT2D eigenvalue weighted by molar-refractivity contribution is 7.09. The first-order valence-electron chi connectivity index (χ1n) is 7.55. The second-order valence-electron chi connectivity index (χ2n) is 5.55. The summed E-state index contributed by atoms with van der Waals surface area (Å²) in [6, 6.07) is 11.0. The smallest absolute Gasteiger partial charge is 0.0926 e. The third-order valence-corrected chi connectivity index (χ3v) is 5.19. The van der Waals surface area contributed by atoms with Crippen molar-refractivity contribution in [1.82, 2.24) is 9.88 Å². The van der Waals surface area contributed by atoms with Gasteiger partial charge in [0.1, 0.15) is 0 Å². The molecule has 0 spiro atoms. The summed E-state index contributed by atoms with van der Waals surface area (Å²) in [4.78, 5) is 7.23.